The fourth-order valence-corrected chi connectivity index (χ4v) is 3.74. The van der Waals surface area contributed by atoms with Crippen molar-refractivity contribution in [2.45, 2.75) is 65.6 Å². The Labute approximate surface area is 212 Å². The first-order chi connectivity index (χ1) is 16.8. The van der Waals surface area contributed by atoms with Crippen LogP contribution in [0, 0.1) is 13.8 Å². The molecule has 0 saturated heterocycles. The molecule has 0 bridgehead atoms. The van der Waals surface area contributed by atoms with Gasteiger partial charge in [-0.25, -0.2) is 4.79 Å². The number of hydrogen-bond donors (Lipinski definition) is 3. The van der Waals surface area contributed by atoms with Crippen molar-refractivity contribution in [3.8, 4) is 0 Å². The number of para-hydroxylation sites is 1. The van der Waals surface area contributed by atoms with Crippen LogP contribution in [0.3, 0.4) is 0 Å². The van der Waals surface area contributed by atoms with E-state index in [1.165, 1.54) is 4.90 Å². The molecule has 2 atom stereocenters. The van der Waals surface area contributed by atoms with Crippen molar-refractivity contribution >= 4 is 29.5 Å². The minimum atomic E-state index is -1.31. The maximum absolute atomic E-state index is 13.7. The highest BCUT2D eigenvalue weighted by Gasteiger charge is 2.36. The molecule has 2 aromatic carbocycles. The molecule has 9 nitrogen and oxygen atoms in total. The van der Waals surface area contributed by atoms with Gasteiger partial charge in [0.25, 0.3) is 5.91 Å². The van der Waals surface area contributed by atoms with Crippen molar-refractivity contribution in [3.63, 3.8) is 0 Å². The van der Waals surface area contributed by atoms with Crippen LogP contribution in [-0.2, 0) is 19.1 Å². The summed E-state index contributed by atoms with van der Waals surface area (Å²) in [5.41, 5.74) is 7.54. The Kier molecular flexibility index (Phi) is 9.60. The number of nitrogens with zero attached hydrogens (tertiary/aromatic N) is 1. The molecule has 0 radical (unpaired) electrons. The normalized spacial score (nSPS) is 12.7. The molecule has 0 saturated carbocycles. The highest BCUT2D eigenvalue weighted by Crippen LogP contribution is 2.26. The summed E-state index contributed by atoms with van der Waals surface area (Å²) in [5, 5.41) is 5.36. The number of carbonyl (C=O) groups is 4. The average Bonchev–Trinajstić information content (AvgIpc) is 2.76. The second-order valence-electron chi connectivity index (χ2n) is 9.61. The second kappa shape index (κ2) is 12.2. The van der Waals surface area contributed by atoms with Gasteiger partial charge in [0.05, 0.1) is 6.42 Å². The summed E-state index contributed by atoms with van der Waals surface area (Å²) < 4.78 is 5.26. The van der Waals surface area contributed by atoms with Gasteiger partial charge in [0.15, 0.2) is 0 Å². The topological polar surface area (TPSA) is 131 Å². The van der Waals surface area contributed by atoms with E-state index < -0.39 is 47.9 Å². The Bertz CT molecular complexity index is 1110. The number of likely N-dealkylation sites (N-methyl/N-ethyl adjacent to an activating group) is 1. The fraction of sp³-hybridized carbons (Fsp3) is 0.407. The molecule has 0 heterocycles. The van der Waals surface area contributed by atoms with Crippen molar-refractivity contribution in [1.29, 1.82) is 0 Å². The van der Waals surface area contributed by atoms with Gasteiger partial charge in [0.1, 0.15) is 17.7 Å². The van der Waals surface area contributed by atoms with Crippen molar-refractivity contribution in [2.24, 2.45) is 5.73 Å². The summed E-state index contributed by atoms with van der Waals surface area (Å²) in [4.78, 5) is 52.9. The first-order valence-electron chi connectivity index (χ1n) is 11.8. The van der Waals surface area contributed by atoms with E-state index >= 15 is 0 Å². The average molecular weight is 497 g/mol. The lowest BCUT2D eigenvalue weighted by atomic mass is 10.00. The number of nitrogens with one attached hydrogen (secondary N) is 2. The lowest BCUT2D eigenvalue weighted by Crippen LogP contribution is -2.53. The third-order valence-electron chi connectivity index (χ3n) is 5.34. The van der Waals surface area contributed by atoms with E-state index in [0.717, 1.165) is 11.1 Å². The van der Waals surface area contributed by atoms with Crippen LogP contribution in [-0.4, -0.2) is 46.9 Å². The summed E-state index contributed by atoms with van der Waals surface area (Å²) >= 11 is 0. The molecular formula is C27H36N4O5. The zero-order valence-electron chi connectivity index (χ0n) is 21.8. The van der Waals surface area contributed by atoms with Crippen LogP contribution in [0.2, 0.25) is 0 Å². The zero-order chi connectivity index (χ0) is 27.0. The summed E-state index contributed by atoms with van der Waals surface area (Å²) in [6, 6.07) is 12.2. The number of rotatable bonds is 9. The van der Waals surface area contributed by atoms with E-state index in [1.807, 2.05) is 38.1 Å². The number of benzene rings is 2. The maximum Gasteiger partial charge on any atom is 0.408 e. The Balaban J connectivity index is 2.46. The minimum Gasteiger partial charge on any atom is -0.444 e. The van der Waals surface area contributed by atoms with Gasteiger partial charge in [-0.15, -0.1) is 0 Å². The standard InChI is InChI=1S/C27H36N4O5/c1-7-31(25(34)21(16-22(28)32)30-26(35)36-27(4,5)6)23(19-13-10-11-17(2)15-19)24(33)29-20-14-9-8-12-18(20)3/h8-15,21,23H,7,16H2,1-6H3,(H2,28,32)(H,29,33)(H,30,35). The van der Waals surface area contributed by atoms with Crippen molar-refractivity contribution < 1.29 is 23.9 Å². The predicted octanol–water partition coefficient (Wildman–Crippen LogP) is 3.60. The van der Waals surface area contributed by atoms with Gasteiger partial charge in [-0.2, -0.15) is 0 Å². The molecule has 2 unspecified atom stereocenters. The number of ether oxygens (including phenoxy) is 1. The summed E-state index contributed by atoms with van der Waals surface area (Å²) in [6.07, 6.45) is -1.32. The Hall–Kier alpha value is -3.88. The van der Waals surface area contributed by atoms with Crippen molar-refractivity contribution in [2.75, 3.05) is 11.9 Å². The van der Waals surface area contributed by atoms with E-state index in [9.17, 15) is 19.2 Å². The van der Waals surface area contributed by atoms with E-state index in [0.29, 0.717) is 11.3 Å². The van der Waals surface area contributed by atoms with Gasteiger partial charge < -0.3 is 26.0 Å². The number of amides is 4. The van der Waals surface area contributed by atoms with E-state index in [1.54, 1.807) is 52.0 Å². The third kappa shape index (κ3) is 8.11. The number of hydrogen-bond acceptors (Lipinski definition) is 5. The Morgan fingerprint density at radius 1 is 1.03 bits per heavy atom. The number of primary amides is 1. The second-order valence-corrected chi connectivity index (χ2v) is 9.61. The third-order valence-corrected chi connectivity index (χ3v) is 5.34. The van der Waals surface area contributed by atoms with Crippen LogP contribution in [0.4, 0.5) is 10.5 Å². The van der Waals surface area contributed by atoms with Crippen molar-refractivity contribution in [1.82, 2.24) is 10.2 Å². The monoisotopic (exact) mass is 496 g/mol. The number of anilines is 1. The fourth-order valence-electron chi connectivity index (χ4n) is 3.74. The van der Waals surface area contributed by atoms with E-state index in [4.69, 9.17) is 10.5 Å². The molecule has 4 N–H and O–H groups in total. The van der Waals surface area contributed by atoms with Crippen LogP contribution in [0.15, 0.2) is 48.5 Å². The molecule has 0 aromatic heterocycles. The molecule has 2 aromatic rings. The first-order valence-corrected chi connectivity index (χ1v) is 11.8. The lowest BCUT2D eigenvalue weighted by molar-refractivity contribution is -0.141. The molecule has 0 aliphatic heterocycles. The van der Waals surface area contributed by atoms with E-state index in [-0.39, 0.29) is 6.54 Å². The number of nitrogens with two attached hydrogens (primary N) is 1. The summed E-state index contributed by atoms with van der Waals surface area (Å²) in [6.45, 7) is 10.6. The molecule has 0 spiro atoms. The van der Waals surface area contributed by atoms with E-state index in [2.05, 4.69) is 10.6 Å². The molecule has 4 amide bonds. The number of alkyl carbamates (subject to hydrolysis) is 1. The largest absolute Gasteiger partial charge is 0.444 e. The van der Waals surface area contributed by atoms with Crippen LogP contribution in [0.5, 0.6) is 0 Å². The van der Waals surface area contributed by atoms with Gasteiger partial charge in [0.2, 0.25) is 11.8 Å². The Morgan fingerprint density at radius 2 is 1.69 bits per heavy atom. The first kappa shape index (κ1) is 28.4. The summed E-state index contributed by atoms with van der Waals surface area (Å²) in [7, 11) is 0. The molecular weight excluding hydrogens is 460 g/mol. The van der Waals surface area contributed by atoms with Crippen LogP contribution < -0.4 is 16.4 Å². The summed E-state index contributed by atoms with van der Waals surface area (Å²) in [5.74, 6) is -1.84. The molecule has 36 heavy (non-hydrogen) atoms. The highest BCUT2D eigenvalue weighted by atomic mass is 16.6. The molecule has 9 heteroatoms. The quantitative estimate of drug-likeness (QED) is 0.488. The number of aryl methyl sites for hydroxylation is 2. The lowest BCUT2D eigenvalue weighted by Gasteiger charge is -2.33. The Morgan fingerprint density at radius 3 is 2.25 bits per heavy atom. The van der Waals surface area contributed by atoms with Gasteiger partial charge in [0, 0.05) is 12.2 Å². The predicted molar refractivity (Wildman–Crippen MR) is 138 cm³/mol. The molecule has 0 aliphatic carbocycles. The zero-order valence-corrected chi connectivity index (χ0v) is 21.8. The molecule has 0 aliphatic rings. The smallest absolute Gasteiger partial charge is 0.408 e. The number of carbonyl (C=O) groups excluding carboxylic acids is 4. The van der Waals surface area contributed by atoms with Crippen LogP contribution in [0.1, 0.15) is 56.8 Å². The van der Waals surface area contributed by atoms with Crippen LogP contribution in [0.25, 0.3) is 0 Å². The van der Waals surface area contributed by atoms with Crippen molar-refractivity contribution in [3.05, 3.63) is 65.2 Å². The molecule has 0 fully saturated rings. The highest BCUT2D eigenvalue weighted by molar-refractivity contribution is 6.00. The van der Waals surface area contributed by atoms with Gasteiger partial charge in [-0.3, -0.25) is 14.4 Å². The van der Waals surface area contributed by atoms with Crippen LogP contribution >= 0.6 is 0 Å². The van der Waals surface area contributed by atoms with Gasteiger partial charge >= 0.3 is 6.09 Å². The molecule has 194 valence electrons. The molecule has 2 rings (SSSR count). The van der Waals surface area contributed by atoms with Gasteiger partial charge in [-0.05, 0) is 58.7 Å². The maximum atomic E-state index is 13.7. The van der Waals surface area contributed by atoms with Gasteiger partial charge in [-0.1, -0.05) is 48.0 Å². The SMILES string of the molecule is CCN(C(=O)C(CC(N)=O)NC(=O)OC(C)(C)C)C(C(=O)Nc1ccccc1C)c1cccc(C)c1. The minimum absolute atomic E-state index is 0.129.